The summed E-state index contributed by atoms with van der Waals surface area (Å²) >= 11 is 0. The zero-order valence-corrected chi connectivity index (χ0v) is 13.1. The molecule has 21 heavy (non-hydrogen) atoms. The maximum Gasteiger partial charge on any atom is 0.371 e. The van der Waals surface area contributed by atoms with E-state index in [0.717, 1.165) is 0 Å². The normalized spacial score (nSPS) is 12.0. The van der Waals surface area contributed by atoms with Gasteiger partial charge in [-0.25, -0.2) is 0 Å². The summed E-state index contributed by atoms with van der Waals surface area (Å²) in [5.74, 6) is 0.231. The number of rotatable bonds is 7. The van der Waals surface area contributed by atoms with Gasteiger partial charge in [-0.05, 0) is 37.6 Å². The predicted molar refractivity (Wildman–Crippen MR) is 79.1 cm³/mol. The van der Waals surface area contributed by atoms with Gasteiger partial charge in [0.25, 0.3) is 0 Å². The van der Waals surface area contributed by atoms with E-state index in [0.29, 0.717) is 5.56 Å². The van der Waals surface area contributed by atoms with Crippen LogP contribution in [0.5, 0.6) is 11.5 Å². The molecule has 0 aliphatic carbocycles. The summed E-state index contributed by atoms with van der Waals surface area (Å²) < 4.78 is 27.8. The fourth-order valence-corrected chi connectivity index (χ4v) is 3.09. The van der Waals surface area contributed by atoms with E-state index >= 15 is 0 Å². The molecule has 0 spiro atoms. The van der Waals surface area contributed by atoms with Crippen LogP contribution < -0.4 is 4.74 Å². The van der Waals surface area contributed by atoms with Crippen LogP contribution in [0, 0.1) is 11.3 Å². The van der Waals surface area contributed by atoms with Crippen LogP contribution in [0.25, 0.3) is 6.08 Å². The van der Waals surface area contributed by atoms with Crippen LogP contribution in [0.4, 0.5) is 0 Å². The number of nitriles is 1. The minimum Gasteiger partial charge on any atom is -0.504 e. The van der Waals surface area contributed by atoms with E-state index in [-0.39, 0.29) is 30.0 Å². The number of phenolic OH excluding ortho intramolecular Hbond substituents is 1. The standard InChI is InChI=1S/C14H18NO5P/c1-4-19-21(17,20-5-2)12(10-15)8-11-6-7-13(16)14(9-11)18-3/h6-9,16H,4-5H2,1-3H3. The first-order valence-electron chi connectivity index (χ1n) is 6.39. The number of aromatic hydroxyl groups is 1. The van der Waals surface area contributed by atoms with Gasteiger partial charge in [0, 0.05) is 0 Å². The summed E-state index contributed by atoms with van der Waals surface area (Å²) in [7, 11) is -2.22. The molecule has 0 fully saturated rings. The molecule has 1 aromatic carbocycles. The Kier molecular flexibility index (Phi) is 6.44. The highest BCUT2D eigenvalue weighted by Crippen LogP contribution is 2.56. The molecule has 1 rings (SSSR count). The van der Waals surface area contributed by atoms with Crippen molar-refractivity contribution in [2.24, 2.45) is 0 Å². The highest BCUT2D eigenvalue weighted by molar-refractivity contribution is 7.59. The maximum absolute atomic E-state index is 12.6. The molecular formula is C14H18NO5P. The first-order valence-corrected chi connectivity index (χ1v) is 7.93. The first-order chi connectivity index (χ1) is 10.0. The zero-order chi connectivity index (χ0) is 15.9. The molecule has 0 saturated heterocycles. The minimum absolute atomic E-state index is 0.0223. The predicted octanol–water partition coefficient (Wildman–Crippen LogP) is 3.53. The van der Waals surface area contributed by atoms with Crippen molar-refractivity contribution in [2.45, 2.75) is 13.8 Å². The van der Waals surface area contributed by atoms with Gasteiger partial charge < -0.3 is 18.9 Å². The van der Waals surface area contributed by atoms with Gasteiger partial charge in [0.05, 0.1) is 20.3 Å². The van der Waals surface area contributed by atoms with Gasteiger partial charge in [0.15, 0.2) is 11.5 Å². The summed E-state index contributed by atoms with van der Waals surface area (Å²) in [4.78, 5) is 0. The SMILES string of the molecule is CCOP(=O)(OCC)C(C#N)=Cc1ccc(O)c(OC)c1. The van der Waals surface area contributed by atoms with Crippen molar-refractivity contribution in [2.75, 3.05) is 20.3 Å². The number of methoxy groups -OCH3 is 1. The number of phenols is 1. The summed E-state index contributed by atoms with van der Waals surface area (Å²) in [5, 5.41) is 18.7. The van der Waals surface area contributed by atoms with Crippen molar-refractivity contribution in [3.8, 4) is 17.6 Å². The smallest absolute Gasteiger partial charge is 0.371 e. The third-order valence-corrected chi connectivity index (χ3v) is 4.53. The summed E-state index contributed by atoms with van der Waals surface area (Å²) in [6.07, 6.45) is 1.40. The second kappa shape index (κ2) is 7.84. The second-order valence-corrected chi connectivity index (χ2v) is 5.90. The van der Waals surface area contributed by atoms with Gasteiger partial charge in [0.2, 0.25) is 0 Å². The van der Waals surface area contributed by atoms with Crippen LogP contribution in [0.2, 0.25) is 0 Å². The molecule has 0 aliphatic rings. The maximum atomic E-state index is 12.6. The fraction of sp³-hybridized carbons (Fsp3) is 0.357. The van der Waals surface area contributed by atoms with Gasteiger partial charge >= 0.3 is 7.60 Å². The van der Waals surface area contributed by atoms with Gasteiger partial charge in [-0.3, -0.25) is 4.57 Å². The van der Waals surface area contributed by atoms with E-state index in [1.165, 1.54) is 25.3 Å². The van der Waals surface area contributed by atoms with Crippen LogP contribution in [0.1, 0.15) is 19.4 Å². The number of benzene rings is 1. The van der Waals surface area contributed by atoms with Crippen molar-refractivity contribution in [3.63, 3.8) is 0 Å². The molecule has 1 N–H and O–H groups in total. The molecule has 0 amide bonds. The lowest BCUT2D eigenvalue weighted by Crippen LogP contribution is -1.98. The Morgan fingerprint density at radius 3 is 2.48 bits per heavy atom. The van der Waals surface area contributed by atoms with Gasteiger partial charge in [0.1, 0.15) is 11.4 Å². The molecule has 0 saturated carbocycles. The van der Waals surface area contributed by atoms with Crippen molar-refractivity contribution in [1.82, 2.24) is 0 Å². The Bertz CT molecular complexity index is 596. The lowest BCUT2D eigenvalue weighted by molar-refractivity contribution is 0.227. The van der Waals surface area contributed by atoms with Crippen LogP contribution in [-0.2, 0) is 13.6 Å². The minimum atomic E-state index is -3.63. The number of hydrogen-bond donors (Lipinski definition) is 1. The molecule has 7 heteroatoms. The highest BCUT2D eigenvalue weighted by Gasteiger charge is 2.29. The van der Waals surface area contributed by atoms with Crippen molar-refractivity contribution in [1.29, 1.82) is 5.26 Å². The van der Waals surface area contributed by atoms with E-state index in [1.807, 2.05) is 6.07 Å². The number of hydrogen-bond acceptors (Lipinski definition) is 6. The molecule has 1 aromatic rings. The van der Waals surface area contributed by atoms with Gasteiger partial charge in [-0.2, -0.15) is 5.26 Å². The molecule has 0 radical (unpaired) electrons. The summed E-state index contributed by atoms with van der Waals surface area (Å²) in [6.45, 7) is 3.67. The summed E-state index contributed by atoms with van der Waals surface area (Å²) in [5.41, 5.74) is 0.542. The Labute approximate surface area is 124 Å². The quantitative estimate of drug-likeness (QED) is 0.612. The lowest BCUT2D eigenvalue weighted by Gasteiger charge is -2.15. The third kappa shape index (κ3) is 4.33. The third-order valence-electron chi connectivity index (χ3n) is 2.51. The molecule has 6 nitrogen and oxygen atoms in total. The average molecular weight is 311 g/mol. The average Bonchev–Trinajstić information content (AvgIpc) is 2.46. The number of allylic oxidation sites excluding steroid dienone is 1. The largest absolute Gasteiger partial charge is 0.504 e. The van der Waals surface area contributed by atoms with E-state index in [9.17, 15) is 14.9 Å². The Morgan fingerprint density at radius 2 is 2.00 bits per heavy atom. The van der Waals surface area contributed by atoms with E-state index in [2.05, 4.69) is 0 Å². The van der Waals surface area contributed by atoms with Crippen molar-refractivity contribution >= 4 is 13.7 Å². The molecule has 0 heterocycles. The molecular weight excluding hydrogens is 293 g/mol. The van der Waals surface area contributed by atoms with Crippen LogP contribution in [-0.4, -0.2) is 25.4 Å². The zero-order valence-electron chi connectivity index (χ0n) is 12.2. The Hall–Kier alpha value is -1.80. The lowest BCUT2D eigenvalue weighted by atomic mass is 10.2. The highest BCUT2D eigenvalue weighted by atomic mass is 31.2. The second-order valence-electron chi connectivity index (χ2n) is 3.91. The Balaban J connectivity index is 3.25. The molecule has 0 bridgehead atoms. The first kappa shape index (κ1) is 17.3. The van der Waals surface area contributed by atoms with Crippen molar-refractivity contribution < 1.29 is 23.5 Å². The molecule has 0 aliphatic heterocycles. The van der Waals surface area contributed by atoms with Gasteiger partial charge in [-0.15, -0.1) is 0 Å². The molecule has 0 atom stereocenters. The van der Waals surface area contributed by atoms with E-state index in [4.69, 9.17) is 13.8 Å². The van der Waals surface area contributed by atoms with Crippen molar-refractivity contribution in [3.05, 3.63) is 29.1 Å². The monoisotopic (exact) mass is 311 g/mol. The number of ether oxygens (including phenoxy) is 1. The summed E-state index contributed by atoms with van der Waals surface area (Å²) in [6, 6.07) is 6.37. The van der Waals surface area contributed by atoms with Gasteiger partial charge in [-0.1, -0.05) is 6.07 Å². The fourth-order valence-electron chi connectivity index (χ4n) is 1.63. The van der Waals surface area contributed by atoms with Crippen LogP contribution in [0.3, 0.4) is 0 Å². The number of nitrogens with zero attached hydrogens (tertiary/aromatic N) is 1. The topological polar surface area (TPSA) is 88.8 Å². The van der Waals surface area contributed by atoms with Crippen LogP contribution >= 0.6 is 7.60 Å². The molecule has 114 valence electrons. The molecule has 0 aromatic heterocycles. The Morgan fingerprint density at radius 1 is 1.38 bits per heavy atom. The van der Waals surface area contributed by atoms with Crippen LogP contribution in [0.15, 0.2) is 23.5 Å². The molecule has 0 unspecified atom stereocenters. The van der Waals surface area contributed by atoms with E-state index in [1.54, 1.807) is 19.9 Å². The van der Waals surface area contributed by atoms with E-state index < -0.39 is 7.60 Å².